The van der Waals surface area contributed by atoms with Crippen LogP contribution < -0.4 is 30.4 Å². The molecule has 0 aliphatic carbocycles. The molecule has 12 aromatic rings. The standard InChI is InChI=1S/C64H50BN3O2S/c1-63(2,3)39-26-29-42(30-27-39)66(41-16-8-7-9-17-41)44-31-33-50-54(38-44)68(53-23-14-20-47-45-18-10-13-25-56(45)70-61(47)53)52-22-15-21-51-59(52)65(50)62-60(49-36-40(64(4,5)6)28-35-58(49)71-62)67(51)43-32-34-57-48(37-43)46-19-11-12-24-55(46)69-57/h7-38H,1-6H3. The van der Waals surface area contributed by atoms with E-state index in [4.69, 9.17) is 8.83 Å². The average Bonchev–Trinajstić information content (AvgIpc) is 4.08. The van der Waals surface area contributed by atoms with Gasteiger partial charge in [-0.15, -0.1) is 11.3 Å². The Hall–Kier alpha value is -8.00. The third-order valence-corrected chi connectivity index (χ3v) is 16.2. The van der Waals surface area contributed by atoms with E-state index in [9.17, 15) is 0 Å². The number of benzene rings is 9. The lowest BCUT2D eigenvalue weighted by atomic mass is 9.36. The van der Waals surface area contributed by atoms with E-state index in [1.54, 1.807) is 0 Å². The molecule has 7 heteroatoms. The highest BCUT2D eigenvalue weighted by Crippen LogP contribution is 2.51. The van der Waals surface area contributed by atoms with Crippen molar-refractivity contribution in [3.8, 4) is 0 Å². The first-order valence-corrected chi connectivity index (χ1v) is 25.5. The highest BCUT2D eigenvalue weighted by molar-refractivity contribution is 7.33. The Morgan fingerprint density at radius 1 is 0.437 bits per heavy atom. The molecule has 0 saturated carbocycles. The van der Waals surface area contributed by atoms with Gasteiger partial charge in [-0.2, -0.15) is 0 Å². The van der Waals surface area contributed by atoms with E-state index in [1.165, 1.54) is 42.6 Å². The Labute approximate surface area is 417 Å². The molecule has 0 radical (unpaired) electrons. The summed E-state index contributed by atoms with van der Waals surface area (Å²) in [4.78, 5) is 7.44. The molecule has 5 heterocycles. The lowest BCUT2D eigenvalue weighted by Crippen LogP contribution is -2.60. The SMILES string of the molecule is CC(C)(C)c1ccc(N(c2ccccc2)c2ccc3c(c2)N(c2cccc4c2oc2ccccc24)c2cccc4c2B3c2sc3ccc(C(C)(C)C)cc3c2N4c2ccc3oc4ccccc4c3c2)cc1. The maximum atomic E-state index is 6.94. The van der Waals surface area contributed by atoms with E-state index in [2.05, 4.69) is 244 Å². The minimum atomic E-state index is -0.0622. The van der Waals surface area contributed by atoms with Gasteiger partial charge in [0.15, 0.2) is 5.58 Å². The van der Waals surface area contributed by atoms with Gasteiger partial charge in [0.25, 0.3) is 6.71 Å². The predicted octanol–water partition coefficient (Wildman–Crippen LogP) is 16.8. The molecule has 5 nitrogen and oxygen atoms in total. The molecule has 0 spiro atoms. The Morgan fingerprint density at radius 2 is 1.04 bits per heavy atom. The summed E-state index contributed by atoms with van der Waals surface area (Å²) in [5.41, 5.74) is 18.7. The molecule has 0 atom stereocenters. The number of fused-ring (bicyclic) bond motifs is 12. The first kappa shape index (κ1) is 41.9. The zero-order valence-electron chi connectivity index (χ0n) is 40.6. The summed E-state index contributed by atoms with van der Waals surface area (Å²) in [6.07, 6.45) is 0. The van der Waals surface area contributed by atoms with Gasteiger partial charge in [0.05, 0.1) is 11.4 Å². The van der Waals surface area contributed by atoms with Gasteiger partial charge in [0.1, 0.15) is 16.7 Å². The second kappa shape index (κ2) is 15.3. The molecule has 342 valence electrons. The number of anilines is 9. The van der Waals surface area contributed by atoms with Crippen molar-refractivity contribution in [3.63, 3.8) is 0 Å². The molecule has 0 fully saturated rings. The molecular formula is C64H50BN3O2S. The van der Waals surface area contributed by atoms with Gasteiger partial charge >= 0.3 is 0 Å². The summed E-state index contributed by atoms with van der Waals surface area (Å²) in [6, 6.07) is 71.3. The van der Waals surface area contributed by atoms with E-state index in [0.717, 1.165) is 89.4 Å². The zero-order valence-corrected chi connectivity index (χ0v) is 41.4. The lowest BCUT2D eigenvalue weighted by Gasteiger charge is -2.43. The Morgan fingerprint density at radius 3 is 1.80 bits per heavy atom. The summed E-state index contributed by atoms with van der Waals surface area (Å²) in [7, 11) is 0. The Balaban J connectivity index is 1.07. The summed E-state index contributed by atoms with van der Waals surface area (Å²) in [5, 5.41) is 5.69. The average molecular weight is 936 g/mol. The van der Waals surface area contributed by atoms with Crippen molar-refractivity contribution in [2.75, 3.05) is 14.7 Å². The Bertz CT molecular complexity index is 4120. The van der Waals surface area contributed by atoms with E-state index < -0.39 is 0 Å². The van der Waals surface area contributed by atoms with E-state index in [0.29, 0.717) is 0 Å². The van der Waals surface area contributed by atoms with Crippen molar-refractivity contribution in [2.24, 2.45) is 0 Å². The monoisotopic (exact) mass is 935 g/mol. The number of para-hydroxylation sites is 4. The van der Waals surface area contributed by atoms with E-state index in [1.807, 2.05) is 17.4 Å². The Kier molecular flexibility index (Phi) is 9.01. The third-order valence-electron chi connectivity index (χ3n) is 14.9. The number of hydrogen-bond acceptors (Lipinski definition) is 6. The second-order valence-corrected chi connectivity index (χ2v) is 22.4. The normalized spacial score (nSPS) is 13.4. The molecular weight excluding hydrogens is 886 g/mol. The fourth-order valence-corrected chi connectivity index (χ4v) is 12.7. The van der Waals surface area contributed by atoms with Gasteiger partial charge in [-0.3, -0.25) is 0 Å². The third kappa shape index (κ3) is 6.38. The van der Waals surface area contributed by atoms with Crippen LogP contribution in [0.1, 0.15) is 52.7 Å². The van der Waals surface area contributed by atoms with Gasteiger partial charge in [-0.25, -0.2) is 0 Å². The van der Waals surface area contributed by atoms with Gasteiger partial charge in [-0.1, -0.05) is 139 Å². The molecule has 71 heavy (non-hydrogen) atoms. The number of nitrogens with zero attached hydrogens (tertiary/aromatic N) is 3. The summed E-state index contributed by atoms with van der Waals surface area (Å²) >= 11 is 1.93. The summed E-state index contributed by atoms with van der Waals surface area (Å²) < 4.78 is 16.0. The van der Waals surface area contributed by atoms with Crippen molar-refractivity contribution < 1.29 is 8.83 Å². The molecule has 0 bridgehead atoms. The molecule has 14 rings (SSSR count). The van der Waals surface area contributed by atoms with Crippen molar-refractivity contribution in [2.45, 2.75) is 52.4 Å². The fourth-order valence-electron chi connectivity index (χ4n) is 11.4. The highest BCUT2D eigenvalue weighted by Gasteiger charge is 2.46. The van der Waals surface area contributed by atoms with Crippen molar-refractivity contribution >= 4 is 139 Å². The largest absolute Gasteiger partial charge is 0.456 e. The van der Waals surface area contributed by atoms with Gasteiger partial charge < -0.3 is 23.5 Å². The summed E-state index contributed by atoms with van der Waals surface area (Å²) in [6.45, 7) is 13.7. The molecule has 3 aromatic heterocycles. The van der Waals surface area contributed by atoms with Gasteiger partial charge in [0.2, 0.25) is 0 Å². The quantitative estimate of drug-likeness (QED) is 0.161. The van der Waals surface area contributed by atoms with Gasteiger partial charge in [0, 0.05) is 76.2 Å². The number of thiophene rings is 1. The molecule has 0 amide bonds. The highest BCUT2D eigenvalue weighted by atomic mass is 32.1. The molecule has 0 saturated heterocycles. The number of hydrogen-bond donors (Lipinski definition) is 0. The number of furan rings is 2. The van der Waals surface area contributed by atoms with Crippen molar-refractivity contribution in [3.05, 3.63) is 205 Å². The van der Waals surface area contributed by atoms with Crippen LogP contribution in [-0.2, 0) is 10.8 Å². The fraction of sp³-hybridized carbons (Fsp3) is 0.125. The maximum absolute atomic E-state index is 6.94. The van der Waals surface area contributed by atoms with Gasteiger partial charge in [-0.05, 0) is 130 Å². The summed E-state index contributed by atoms with van der Waals surface area (Å²) in [5.74, 6) is 0. The molecule has 0 unspecified atom stereocenters. The zero-order chi connectivity index (χ0) is 47.9. The molecule has 0 N–H and O–H groups in total. The van der Waals surface area contributed by atoms with Crippen LogP contribution in [0.15, 0.2) is 203 Å². The molecule has 2 aliphatic rings. The second-order valence-electron chi connectivity index (χ2n) is 21.3. The van der Waals surface area contributed by atoms with E-state index >= 15 is 0 Å². The van der Waals surface area contributed by atoms with Crippen LogP contribution in [0.4, 0.5) is 51.2 Å². The first-order chi connectivity index (χ1) is 34.5. The maximum Gasteiger partial charge on any atom is 0.264 e. The predicted molar refractivity (Wildman–Crippen MR) is 302 cm³/mol. The van der Waals surface area contributed by atoms with Crippen LogP contribution in [-0.4, -0.2) is 6.71 Å². The smallest absolute Gasteiger partial charge is 0.264 e. The number of rotatable bonds is 5. The van der Waals surface area contributed by atoms with Crippen molar-refractivity contribution in [1.82, 2.24) is 0 Å². The van der Waals surface area contributed by atoms with Crippen LogP contribution >= 0.6 is 11.3 Å². The molecule has 2 aliphatic heterocycles. The van der Waals surface area contributed by atoms with Crippen LogP contribution in [0.3, 0.4) is 0 Å². The minimum Gasteiger partial charge on any atom is -0.456 e. The molecule has 9 aromatic carbocycles. The lowest BCUT2D eigenvalue weighted by molar-refractivity contribution is 0.590. The minimum absolute atomic E-state index is 0.0298. The van der Waals surface area contributed by atoms with Crippen LogP contribution in [0, 0.1) is 0 Å². The van der Waals surface area contributed by atoms with Crippen molar-refractivity contribution in [1.29, 1.82) is 0 Å². The van der Waals surface area contributed by atoms with Crippen LogP contribution in [0.25, 0.3) is 54.0 Å². The van der Waals surface area contributed by atoms with Crippen LogP contribution in [0.2, 0.25) is 0 Å². The topological polar surface area (TPSA) is 36.0 Å². The van der Waals surface area contributed by atoms with E-state index in [-0.39, 0.29) is 17.5 Å². The first-order valence-electron chi connectivity index (χ1n) is 24.7. The van der Waals surface area contributed by atoms with Crippen LogP contribution in [0.5, 0.6) is 0 Å².